The van der Waals surface area contributed by atoms with Gasteiger partial charge in [-0.1, -0.05) is 30.3 Å². The topological polar surface area (TPSA) is 115 Å². The van der Waals surface area contributed by atoms with Crippen molar-refractivity contribution in [3.05, 3.63) is 66.5 Å². The van der Waals surface area contributed by atoms with E-state index in [0.29, 0.717) is 17.1 Å². The minimum absolute atomic E-state index is 0.0421. The zero-order valence-corrected chi connectivity index (χ0v) is 17.5. The number of H-pyrrole nitrogens is 1. The molecule has 0 unspecified atom stereocenters. The fourth-order valence-corrected chi connectivity index (χ4v) is 3.11. The molecule has 31 heavy (non-hydrogen) atoms. The largest absolute Gasteiger partial charge is 0.443 e. The first-order chi connectivity index (χ1) is 14.7. The summed E-state index contributed by atoms with van der Waals surface area (Å²) in [6.45, 7) is 5.34. The summed E-state index contributed by atoms with van der Waals surface area (Å²) in [5.74, 6) is -0.192. The van der Waals surface area contributed by atoms with Crippen molar-refractivity contribution < 1.29 is 14.3 Å². The number of hydrogen-bond donors (Lipinski definition) is 3. The van der Waals surface area contributed by atoms with Crippen LogP contribution in [0.25, 0.3) is 22.2 Å². The van der Waals surface area contributed by atoms with Gasteiger partial charge < -0.3 is 20.8 Å². The number of amides is 1. The zero-order chi connectivity index (χ0) is 22.2. The Morgan fingerprint density at radius 3 is 2.48 bits per heavy atom. The summed E-state index contributed by atoms with van der Waals surface area (Å²) in [5.41, 5.74) is 8.53. The Balaban J connectivity index is 1.49. The van der Waals surface area contributed by atoms with E-state index in [-0.39, 0.29) is 11.9 Å². The smallest absolute Gasteiger partial charge is 0.421 e. The quantitative estimate of drug-likeness (QED) is 0.449. The third-order valence-electron chi connectivity index (χ3n) is 4.54. The van der Waals surface area contributed by atoms with Gasteiger partial charge in [-0.25, -0.2) is 14.3 Å². The highest BCUT2D eigenvalue weighted by molar-refractivity contribution is 6.06. The highest BCUT2D eigenvalue weighted by Gasteiger charge is 2.21. The minimum atomic E-state index is -0.640. The summed E-state index contributed by atoms with van der Waals surface area (Å²) in [7, 11) is 0. The molecular weight excluding hydrogens is 394 g/mol. The van der Waals surface area contributed by atoms with E-state index < -0.39 is 11.7 Å². The van der Waals surface area contributed by atoms with Gasteiger partial charge in [0.15, 0.2) is 0 Å². The molecule has 4 N–H and O–H groups in total. The molecule has 0 fully saturated rings. The molecule has 8 nitrogen and oxygen atoms in total. The number of carbonyl (C=O) groups excluding carboxylic acids is 2. The molecule has 0 aliphatic heterocycles. The van der Waals surface area contributed by atoms with E-state index in [1.54, 1.807) is 45.0 Å². The van der Waals surface area contributed by atoms with Crippen molar-refractivity contribution in [1.29, 1.82) is 0 Å². The molecule has 2 aromatic heterocycles. The number of benzene rings is 2. The van der Waals surface area contributed by atoms with Gasteiger partial charge in [0.25, 0.3) is 5.91 Å². The van der Waals surface area contributed by atoms with Crippen LogP contribution in [0.15, 0.2) is 60.8 Å². The molecule has 0 spiro atoms. The van der Waals surface area contributed by atoms with Crippen molar-refractivity contribution in [1.82, 2.24) is 14.5 Å². The number of ether oxygens (including phenoxy) is 1. The fourth-order valence-electron chi connectivity index (χ4n) is 3.11. The van der Waals surface area contributed by atoms with Crippen LogP contribution in [0, 0.1) is 0 Å². The molecule has 8 heteroatoms. The van der Waals surface area contributed by atoms with E-state index in [1.165, 1.54) is 10.8 Å². The van der Waals surface area contributed by atoms with E-state index in [0.717, 1.165) is 16.5 Å². The molecule has 158 valence electrons. The number of para-hydroxylation sites is 1. The number of anilines is 2. The van der Waals surface area contributed by atoms with Crippen LogP contribution in [0.5, 0.6) is 0 Å². The first kappa shape index (κ1) is 20.2. The standard InChI is InChI=1S/C23H23N5O3/c1-23(2,3)31-22(30)28-13-19(27-21(28)24)14-8-10-16(11-9-14)25-20(29)18-12-15-6-4-5-7-17(15)26-18/h4-13,26H,1-3H3,(H2,24,27)(H,25,29). The molecule has 1 amide bonds. The Bertz CT molecular complexity index is 1230. The lowest BCUT2D eigenvalue weighted by Crippen LogP contribution is -2.27. The lowest BCUT2D eigenvalue weighted by Gasteiger charge is -2.19. The van der Waals surface area contributed by atoms with Gasteiger partial charge in [-0.2, -0.15) is 0 Å². The van der Waals surface area contributed by atoms with Crippen molar-refractivity contribution in [2.45, 2.75) is 26.4 Å². The summed E-state index contributed by atoms with van der Waals surface area (Å²) in [5, 5.41) is 3.84. The van der Waals surface area contributed by atoms with Gasteiger partial charge in [0.2, 0.25) is 5.95 Å². The van der Waals surface area contributed by atoms with Crippen molar-refractivity contribution in [3.8, 4) is 11.3 Å². The van der Waals surface area contributed by atoms with E-state index in [9.17, 15) is 9.59 Å². The van der Waals surface area contributed by atoms with Gasteiger partial charge in [0.1, 0.15) is 11.3 Å². The van der Waals surface area contributed by atoms with Crippen molar-refractivity contribution in [2.24, 2.45) is 0 Å². The van der Waals surface area contributed by atoms with Crippen LogP contribution in [0.3, 0.4) is 0 Å². The lowest BCUT2D eigenvalue weighted by atomic mass is 10.1. The van der Waals surface area contributed by atoms with Gasteiger partial charge in [-0.15, -0.1) is 0 Å². The second kappa shape index (κ2) is 7.64. The lowest BCUT2D eigenvalue weighted by molar-refractivity contribution is 0.0540. The third-order valence-corrected chi connectivity index (χ3v) is 4.54. The maximum atomic E-state index is 12.5. The molecule has 4 aromatic rings. The Kier molecular flexibility index (Phi) is 4.98. The molecule has 4 rings (SSSR count). The van der Waals surface area contributed by atoms with E-state index >= 15 is 0 Å². The number of nitrogen functional groups attached to an aromatic ring is 1. The van der Waals surface area contributed by atoms with Gasteiger partial charge >= 0.3 is 6.09 Å². The predicted molar refractivity (Wildman–Crippen MR) is 120 cm³/mol. The molecule has 0 aliphatic carbocycles. The van der Waals surface area contributed by atoms with Crippen LogP contribution in [-0.2, 0) is 4.74 Å². The Morgan fingerprint density at radius 2 is 1.81 bits per heavy atom. The highest BCUT2D eigenvalue weighted by atomic mass is 16.6. The van der Waals surface area contributed by atoms with Crippen molar-refractivity contribution in [3.63, 3.8) is 0 Å². The second-order valence-corrected chi connectivity index (χ2v) is 8.14. The van der Waals surface area contributed by atoms with Crippen LogP contribution in [0.2, 0.25) is 0 Å². The van der Waals surface area contributed by atoms with Crippen LogP contribution in [0.1, 0.15) is 31.3 Å². The monoisotopic (exact) mass is 417 g/mol. The van der Waals surface area contributed by atoms with Gasteiger partial charge in [-0.3, -0.25) is 4.79 Å². The van der Waals surface area contributed by atoms with Crippen LogP contribution in [-0.4, -0.2) is 32.1 Å². The number of hydrogen-bond acceptors (Lipinski definition) is 5. The molecule has 0 bridgehead atoms. The van der Waals surface area contributed by atoms with E-state index in [1.807, 2.05) is 30.3 Å². The molecule has 0 aliphatic rings. The molecule has 0 radical (unpaired) electrons. The molecule has 0 saturated carbocycles. The molecule has 2 heterocycles. The molecule has 0 atom stereocenters. The first-order valence-corrected chi connectivity index (χ1v) is 9.77. The number of imidazole rings is 1. The number of carbonyl (C=O) groups is 2. The number of fused-ring (bicyclic) bond motifs is 1. The zero-order valence-electron chi connectivity index (χ0n) is 17.5. The fraction of sp³-hybridized carbons (Fsp3) is 0.174. The summed E-state index contributed by atoms with van der Waals surface area (Å²) in [6.07, 6.45) is 0.938. The number of aromatic nitrogens is 3. The second-order valence-electron chi connectivity index (χ2n) is 8.14. The van der Waals surface area contributed by atoms with E-state index in [4.69, 9.17) is 10.5 Å². The summed E-state index contributed by atoms with van der Waals surface area (Å²) in [4.78, 5) is 32.2. The average molecular weight is 417 g/mol. The predicted octanol–water partition coefficient (Wildman–Crippen LogP) is 4.65. The number of rotatable bonds is 3. The van der Waals surface area contributed by atoms with Crippen molar-refractivity contribution in [2.75, 3.05) is 11.1 Å². The summed E-state index contributed by atoms with van der Waals surface area (Å²) < 4.78 is 6.51. The SMILES string of the molecule is CC(C)(C)OC(=O)n1cc(-c2ccc(NC(=O)c3cc4ccccc4[nH]3)cc2)nc1N. The summed E-state index contributed by atoms with van der Waals surface area (Å²) >= 11 is 0. The van der Waals surface area contributed by atoms with Crippen LogP contribution < -0.4 is 11.1 Å². The van der Waals surface area contributed by atoms with Crippen LogP contribution >= 0.6 is 0 Å². The summed E-state index contributed by atoms with van der Waals surface area (Å²) in [6, 6.07) is 16.6. The van der Waals surface area contributed by atoms with Crippen LogP contribution in [0.4, 0.5) is 16.4 Å². The maximum absolute atomic E-state index is 12.5. The molecule has 2 aromatic carbocycles. The normalized spacial score (nSPS) is 11.5. The number of nitrogens with one attached hydrogen (secondary N) is 2. The van der Waals surface area contributed by atoms with Gasteiger partial charge in [-0.05, 0) is 45.0 Å². The number of nitrogens with zero attached hydrogens (tertiary/aromatic N) is 2. The molecule has 0 saturated heterocycles. The minimum Gasteiger partial charge on any atom is -0.443 e. The molecular formula is C23H23N5O3. The van der Waals surface area contributed by atoms with Gasteiger partial charge in [0, 0.05) is 28.4 Å². The Labute approximate surface area is 179 Å². The first-order valence-electron chi connectivity index (χ1n) is 9.77. The van der Waals surface area contributed by atoms with E-state index in [2.05, 4.69) is 15.3 Å². The number of nitrogens with two attached hydrogens (primary N) is 1. The van der Waals surface area contributed by atoms with Gasteiger partial charge in [0.05, 0.1) is 5.69 Å². The number of aromatic amines is 1. The maximum Gasteiger partial charge on any atom is 0.421 e. The highest BCUT2D eigenvalue weighted by Crippen LogP contribution is 2.23. The third kappa shape index (κ3) is 4.42. The Hall–Kier alpha value is -4.07. The Morgan fingerprint density at radius 1 is 1.10 bits per heavy atom. The average Bonchev–Trinajstić information content (AvgIpc) is 3.31. The van der Waals surface area contributed by atoms with Crippen molar-refractivity contribution >= 4 is 34.5 Å².